The van der Waals surface area contributed by atoms with Crippen LogP contribution in [-0.2, 0) is 0 Å². The van der Waals surface area contributed by atoms with Gasteiger partial charge in [0.05, 0.1) is 5.52 Å². The molecule has 3 rings (SSSR count). The zero-order chi connectivity index (χ0) is 14.7. The third-order valence-corrected chi connectivity index (χ3v) is 5.18. The lowest BCUT2D eigenvalue weighted by Gasteiger charge is -2.36. The van der Waals surface area contributed by atoms with Crippen molar-refractivity contribution < 1.29 is 0 Å². The lowest BCUT2D eigenvalue weighted by atomic mass is 9.69. The van der Waals surface area contributed by atoms with Crippen LogP contribution >= 0.6 is 0 Å². The molecule has 1 aromatic heterocycles. The largest absolute Gasteiger partial charge is 0.330 e. The minimum atomic E-state index is 0.605. The summed E-state index contributed by atoms with van der Waals surface area (Å²) in [5.41, 5.74) is 8.66. The fourth-order valence-electron chi connectivity index (χ4n) is 4.10. The summed E-state index contributed by atoms with van der Waals surface area (Å²) in [4.78, 5) is 4.51. The Morgan fingerprint density at radius 2 is 2.10 bits per heavy atom. The first kappa shape index (κ1) is 14.5. The Morgan fingerprint density at radius 1 is 1.19 bits per heavy atom. The van der Waals surface area contributed by atoms with Gasteiger partial charge in [-0.3, -0.25) is 4.98 Å². The normalized spacial score (nSPS) is 26.1. The molecule has 1 saturated carbocycles. The number of nitrogens with two attached hydrogens (primary N) is 1. The molecule has 0 radical (unpaired) electrons. The first-order chi connectivity index (χ1) is 10.3. The predicted octanol–water partition coefficient (Wildman–Crippen LogP) is 4.49. The third kappa shape index (κ3) is 2.96. The van der Waals surface area contributed by atoms with Crippen molar-refractivity contribution in [3.05, 3.63) is 42.1 Å². The highest BCUT2D eigenvalue weighted by Gasteiger charge is 2.31. The Balaban J connectivity index is 1.97. The van der Waals surface area contributed by atoms with E-state index in [0.717, 1.165) is 18.0 Å². The molecule has 2 aromatic rings. The van der Waals surface area contributed by atoms with E-state index in [1.165, 1.54) is 43.1 Å². The van der Waals surface area contributed by atoms with Crippen molar-refractivity contribution in [3.8, 4) is 0 Å². The summed E-state index contributed by atoms with van der Waals surface area (Å²) in [6, 6.07) is 10.8. The van der Waals surface area contributed by atoms with Gasteiger partial charge in [-0.25, -0.2) is 0 Å². The van der Waals surface area contributed by atoms with Crippen molar-refractivity contribution in [2.45, 2.75) is 44.9 Å². The van der Waals surface area contributed by atoms with E-state index < -0.39 is 0 Å². The van der Waals surface area contributed by atoms with Gasteiger partial charge in [0.1, 0.15) is 0 Å². The van der Waals surface area contributed by atoms with Crippen molar-refractivity contribution >= 4 is 10.9 Å². The van der Waals surface area contributed by atoms with E-state index >= 15 is 0 Å². The Bertz CT molecular complexity index is 588. The van der Waals surface area contributed by atoms with Gasteiger partial charge in [0.15, 0.2) is 0 Å². The Hall–Kier alpha value is -1.41. The zero-order valence-electron chi connectivity index (χ0n) is 13.0. The average molecular weight is 282 g/mol. The van der Waals surface area contributed by atoms with Gasteiger partial charge in [0, 0.05) is 11.6 Å². The molecule has 1 aromatic carbocycles. The quantitative estimate of drug-likeness (QED) is 0.897. The number of aromatic nitrogens is 1. The lowest BCUT2D eigenvalue weighted by molar-refractivity contribution is 0.231. The molecule has 2 nitrogen and oxygen atoms in total. The predicted molar refractivity (Wildman–Crippen MR) is 89.3 cm³/mol. The van der Waals surface area contributed by atoms with Crippen LogP contribution in [0.2, 0.25) is 0 Å². The van der Waals surface area contributed by atoms with Gasteiger partial charge in [0.2, 0.25) is 0 Å². The molecule has 3 atom stereocenters. The number of nitrogens with zero attached hydrogens (tertiary/aromatic N) is 1. The van der Waals surface area contributed by atoms with E-state index in [1.54, 1.807) is 0 Å². The van der Waals surface area contributed by atoms with E-state index in [1.807, 2.05) is 6.20 Å². The molecule has 0 saturated heterocycles. The van der Waals surface area contributed by atoms with Gasteiger partial charge in [-0.15, -0.1) is 0 Å². The minimum absolute atomic E-state index is 0.605. The second-order valence-electron chi connectivity index (χ2n) is 6.49. The van der Waals surface area contributed by atoms with Gasteiger partial charge >= 0.3 is 0 Å². The maximum absolute atomic E-state index is 6.08. The number of benzene rings is 1. The molecular formula is C19H26N2. The Morgan fingerprint density at radius 3 is 2.90 bits per heavy atom. The molecule has 0 spiro atoms. The second kappa shape index (κ2) is 6.57. The van der Waals surface area contributed by atoms with E-state index in [4.69, 9.17) is 5.73 Å². The molecular weight excluding hydrogens is 256 g/mol. The molecule has 1 fully saturated rings. The number of rotatable bonds is 4. The van der Waals surface area contributed by atoms with Crippen LogP contribution in [0.1, 0.15) is 50.5 Å². The van der Waals surface area contributed by atoms with E-state index in [-0.39, 0.29) is 0 Å². The van der Waals surface area contributed by atoms with Crippen molar-refractivity contribution in [2.75, 3.05) is 6.54 Å². The van der Waals surface area contributed by atoms with Crippen LogP contribution in [0.4, 0.5) is 0 Å². The molecule has 21 heavy (non-hydrogen) atoms. The second-order valence-corrected chi connectivity index (χ2v) is 6.49. The third-order valence-electron chi connectivity index (χ3n) is 5.18. The van der Waals surface area contributed by atoms with Crippen LogP contribution in [0.25, 0.3) is 10.9 Å². The van der Waals surface area contributed by atoms with Crippen LogP contribution in [0, 0.1) is 11.8 Å². The van der Waals surface area contributed by atoms with Gasteiger partial charge < -0.3 is 5.73 Å². The topological polar surface area (TPSA) is 38.9 Å². The van der Waals surface area contributed by atoms with Crippen molar-refractivity contribution in [1.82, 2.24) is 4.98 Å². The van der Waals surface area contributed by atoms with Crippen LogP contribution in [0.15, 0.2) is 36.5 Å². The molecule has 0 amide bonds. The van der Waals surface area contributed by atoms with Crippen LogP contribution in [0.3, 0.4) is 0 Å². The molecule has 0 aliphatic heterocycles. The average Bonchev–Trinajstić information content (AvgIpc) is 2.54. The van der Waals surface area contributed by atoms with E-state index in [2.05, 4.69) is 42.2 Å². The van der Waals surface area contributed by atoms with Crippen LogP contribution in [-0.4, -0.2) is 11.5 Å². The van der Waals surface area contributed by atoms with Gasteiger partial charge in [-0.2, -0.15) is 0 Å². The van der Waals surface area contributed by atoms with Crippen molar-refractivity contribution in [3.63, 3.8) is 0 Å². The maximum Gasteiger partial charge on any atom is 0.0704 e. The van der Waals surface area contributed by atoms with Crippen molar-refractivity contribution in [2.24, 2.45) is 17.6 Å². The number of pyridine rings is 1. The molecule has 112 valence electrons. The highest BCUT2D eigenvalue weighted by molar-refractivity contribution is 5.82. The molecule has 1 aliphatic carbocycles. The molecule has 2 N–H and O–H groups in total. The van der Waals surface area contributed by atoms with Crippen LogP contribution in [0.5, 0.6) is 0 Å². The fraction of sp³-hybridized carbons (Fsp3) is 0.526. The number of fused-ring (bicyclic) bond motifs is 1. The summed E-state index contributed by atoms with van der Waals surface area (Å²) in [6.07, 6.45) is 8.47. The van der Waals surface area contributed by atoms with Gasteiger partial charge in [0.25, 0.3) is 0 Å². The summed E-state index contributed by atoms with van der Waals surface area (Å²) < 4.78 is 0. The minimum Gasteiger partial charge on any atom is -0.330 e. The van der Waals surface area contributed by atoms with E-state index in [9.17, 15) is 0 Å². The maximum atomic E-state index is 6.08. The highest BCUT2D eigenvalue weighted by Crippen LogP contribution is 2.43. The fourth-order valence-corrected chi connectivity index (χ4v) is 4.10. The lowest BCUT2D eigenvalue weighted by Crippen LogP contribution is -2.29. The first-order valence-electron chi connectivity index (χ1n) is 8.37. The van der Waals surface area contributed by atoms with Crippen LogP contribution < -0.4 is 5.73 Å². The Labute approximate surface area is 127 Å². The summed E-state index contributed by atoms with van der Waals surface area (Å²) in [5, 5.41) is 1.32. The number of hydrogen-bond donors (Lipinski definition) is 1. The summed E-state index contributed by atoms with van der Waals surface area (Å²) in [6.45, 7) is 3.10. The molecule has 1 aliphatic rings. The van der Waals surface area contributed by atoms with Crippen molar-refractivity contribution in [1.29, 1.82) is 0 Å². The monoisotopic (exact) mass is 282 g/mol. The number of hydrogen-bond acceptors (Lipinski definition) is 2. The zero-order valence-corrected chi connectivity index (χ0v) is 13.0. The smallest absolute Gasteiger partial charge is 0.0704 e. The molecule has 3 unspecified atom stereocenters. The van der Waals surface area contributed by atoms with E-state index in [0.29, 0.717) is 11.8 Å². The van der Waals surface area contributed by atoms with Gasteiger partial charge in [-0.1, -0.05) is 44.4 Å². The molecule has 2 heteroatoms. The Kier molecular flexibility index (Phi) is 4.54. The van der Waals surface area contributed by atoms with Gasteiger partial charge in [-0.05, 0) is 54.8 Å². The highest BCUT2D eigenvalue weighted by atomic mass is 14.6. The molecule has 1 heterocycles. The summed E-state index contributed by atoms with van der Waals surface area (Å²) >= 11 is 0. The molecule has 0 bridgehead atoms. The first-order valence-corrected chi connectivity index (χ1v) is 8.37. The summed E-state index contributed by atoms with van der Waals surface area (Å²) in [5.74, 6) is 2.10. The standard InChI is InChI=1S/C19H26N2/c1-2-5-14-9-10-15(13-20)18(12-14)16-6-3-8-19-17(16)7-4-11-21-19/h3-4,6-8,11,14-15,18H,2,5,9-10,12-13,20H2,1H3. The SMILES string of the molecule is CCCC1CCC(CN)C(c2cccc3ncccc23)C1. The summed E-state index contributed by atoms with van der Waals surface area (Å²) in [7, 11) is 0.